The second-order valence-electron chi connectivity index (χ2n) is 3.97. The summed E-state index contributed by atoms with van der Waals surface area (Å²) < 4.78 is 4.65. The van der Waals surface area contributed by atoms with Gasteiger partial charge < -0.3 is 15.6 Å². The van der Waals surface area contributed by atoms with Gasteiger partial charge in [0.05, 0.1) is 6.54 Å². The standard InChI is InChI=1S/C10H15N3O2/c11-9(7-1-2-7)5-10(14)12-6-8-3-4-15-13-8/h3-4,7,9H,1-2,5-6,11H2,(H,12,14). The summed E-state index contributed by atoms with van der Waals surface area (Å²) in [5.74, 6) is 0.542. The number of nitrogens with one attached hydrogen (secondary N) is 1. The molecule has 0 bridgehead atoms. The second kappa shape index (κ2) is 4.44. The van der Waals surface area contributed by atoms with Crippen LogP contribution >= 0.6 is 0 Å². The molecule has 0 saturated heterocycles. The number of amides is 1. The lowest BCUT2D eigenvalue weighted by atomic mass is 10.1. The van der Waals surface area contributed by atoms with E-state index in [1.54, 1.807) is 6.07 Å². The normalized spacial score (nSPS) is 17.4. The van der Waals surface area contributed by atoms with Crippen molar-refractivity contribution in [1.29, 1.82) is 0 Å². The van der Waals surface area contributed by atoms with Gasteiger partial charge in [-0.05, 0) is 18.8 Å². The van der Waals surface area contributed by atoms with E-state index in [1.807, 2.05) is 0 Å². The molecular formula is C10H15N3O2. The van der Waals surface area contributed by atoms with Crippen LogP contribution in [-0.2, 0) is 11.3 Å². The zero-order valence-electron chi connectivity index (χ0n) is 8.48. The van der Waals surface area contributed by atoms with Crippen LogP contribution in [0.1, 0.15) is 25.0 Å². The van der Waals surface area contributed by atoms with Gasteiger partial charge in [0.25, 0.3) is 0 Å². The molecule has 15 heavy (non-hydrogen) atoms. The SMILES string of the molecule is NC(CC(=O)NCc1ccon1)C1CC1. The molecule has 1 saturated carbocycles. The summed E-state index contributed by atoms with van der Waals surface area (Å²) in [6.45, 7) is 0.409. The van der Waals surface area contributed by atoms with Gasteiger partial charge in [-0.25, -0.2) is 0 Å². The minimum atomic E-state index is -0.0163. The van der Waals surface area contributed by atoms with Crippen LogP contribution in [0.25, 0.3) is 0 Å². The predicted octanol–water partition coefficient (Wildman–Crippen LogP) is 0.418. The zero-order chi connectivity index (χ0) is 10.7. The zero-order valence-corrected chi connectivity index (χ0v) is 8.48. The summed E-state index contributed by atoms with van der Waals surface area (Å²) in [5, 5.41) is 6.45. The molecule has 5 heteroatoms. The highest BCUT2D eigenvalue weighted by Crippen LogP contribution is 2.32. The third-order valence-corrected chi connectivity index (χ3v) is 2.61. The molecular weight excluding hydrogens is 194 g/mol. The molecule has 0 spiro atoms. The number of nitrogens with zero attached hydrogens (tertiary/aromatic N) is 1. The molecule has 0 aromatic carbocycles. The summed E-state index contributed by atoms with van der Waals surface area (Å²) in [6, 6.07) is 1.74. The Labute approximate surface area is 88.0 Å². The fourth-order valence-corrected chi connectivity index (χ4v) is 1.50. The molecule has 3 N–H and O–H groups in total. The van der Waals surface area contributed by atoms with Crippen molar-refractivity contribution in [2.45, 2.75) is 31.8 Å². The fourth-order valence-electron chi connectivity index (χ4n) is 1.50. The van der Waals surface area contributed by atoms with E-state index in [-0.39, 0.29) is 11.9 Å². The third-order valence-electron chi connectivity index (χ3n) is 2.61. The molecule has 1 atom stereocenters. The van der Waals surface area contributed by atoms with Gasteiger partial charge in [-0.2, -0.15) is 0 Å². The van der Waals surface area contributed by atoms with Gasteiger partial charge in [0.2, 0.25) is 5.91 Å². The summed E-state index contributed by atoms with van der Waals surface area (Å²) in [4.78, 5) is 11.4. The maximum atomic E-state index is 11.4. The van der Waals surface area contributed by atoms with Gasteiger partial charge in [-0.1, -0.05) is 5.16 Å². The average molecular weight is 209 g/mol. The highest BCUT2D eigenvalue weighted by molar-refractivity contribution is 5.76. The molecule has 1 aromatic rings. The van der Waals surface area contributed by atoms with Crippen LogP contribution in [0.3, 0.4) is 0 Å². The van der Waals surface area contributed by atoms with Crippen LogP contribution < -0.4 is 11.1 Å². The van der Waals surface area contributed by atoms with Gasteiger partial charge >= 0.3 is 0 Å². The van der Waals surface area contributed by atoms with Crippen molar-refractivity contribution < 1.29 is 9.32 Å². The van der Waals surface area contributed by atoms with Gasteiger partial charge in [-0.15, -0.1) is 0 Å². The Morgan fingerprint density at radius 1 is 1.73 bits per heavy atom. The number of rotatable bonds is 5. The minimum Gasteiger partial charge on any atom is -0.364 e. The van der Waals surface area contributed by atoms with Crippen LogP contribution in [0.5, 0.6) is 0 Å². The Kier molecular flexibility index (Phi) is 3.01. The molecule has 1 heterocycles. The molecule has 1 aromatic heterocycles. The topological polar surface area (TPSA) is 81.2 Å². The molecule has 2 rings (SSSR count). The number of carbonyl (C=O) groups excluding carboxylic acids is 1. The van der Waals surface area contributed by atoms with Gasteiger partial charge in [0.1, 0.15) is 12.0 Å². The molecule has 0 radical (unpaired) electrons. The van der Waals surface area contributed by atoms with E-state index < -0.39 is 0 Å². The lowest BCUT2D eigenvalue weighted by Crippen LogP contribution is -2.32. The van der Waals surface area contributed by atoms with Gasteiger partial charge in [0.15, 0.2) is 0 Å². The van der Waals surface area contributed by atoms with Crippen LogP contribution in [0.2, 0.25) is 0 Å². The van der Waals surface area contributed by atoms with Crippen molar-refractivity contribution in [3.63, 3.8) is 0 Å². The number of aromatic nitrogens is 1. The molecule has 1 aliphatic carbocycles. The molecule has 1 amide bonds. The average Bonchev–Trinajstić information content (AvgIpc) is 2.93. The molecule has 0 aliphatic heterocycles. The Morgan fingerprint density at radius 3 is 3.13 bits per heavy atom. The summed E-state index contributed by atoms with van der Waals surface area (Å²) in [7, 11) is 0. The summed E-state index contributed by atoms with van der Waals surface area (Å²) >= 11 is 0. The van der Waals surface area contributed by atoms with E-state index in [1.165, 1.54) is 6.26 Å². The molecule has 1 unspecified atom stereocenters. The van der Waals surface area contributed by atoms with Gasteiger partial charge in [-0.3, -0.25) is 4.79 Å². The Bertz CT molecular complexity index is 319. The number of hydrogen-bond acceptors (Lipinski definition) is 4. The van der Waals surface area contributed by atoms with Crippen LogP contribution in [-0.4, -0.2) is 17.1 Å². The lowest BCUT2D eigenvalue weighted by Gasteiger charge is -2.09. The Morgan fingerprint density at radius 2 is 2.53 bits per heavy atom. The highest BCUT2D eigenvalue weighted by Gasteiger charge is 2.29. The lowest BCUT2D eigenvalue weighted by molar-refractivity contribution is -0.121. The van der Waals surface area contributed by atoms with E-state index in [0.717, 1.165) is 18.5 Å². The maximum Gasteiger partial charge on any atom is 0.221 e. The third kappa shape index (κ3) is 3.06. The number of hydrogen-bond donors (Lipinski definition) is 2. The monoisotopic (exact) mass is 209 g/mol. The first kappa shape index (κ1) is 10.2. The first-order valence-electron chi connectivity index (χ1n) is 5.17. The van der Waals surface area contributed by atoms with E-state index in [4.69, 9.17) is 5.73 Å². The quantitative estimate of drug-likeness (QED) is 0.736. The Balaban J connectivity index is 1.68. The first-order valence-corrected chi connectivity index (χ1v) is 5.17. The van der Waals surface area contributed by atoms with Crippen molar-refractivity contribution in [3.8, 4) is 0 Å². The van der Waals surface area contributed by atoms with E-state index in [0.29, 0.717) is 18.9 Å². The second-order valence-corrected chi connectivity index (χ2v) is 3.97. The predicted molar refractivity (Wildman–Crippen MR) is 53.7 cm³/mol. The van der Waals surface area contributed by atoms with E-state index in [2.05, 4.69) is 15.0 Å². The highest BCUT2D eigenvalue weighted by atomic mass is 16.5. The fraction of sp³-hybridized carbons (Fsp3) is 0.600. The van der Waals surface area contributed by atoms with E-state index in [9.17, 15) is 4.79 Å². The van der Waals surface area contributed by atoms with Crippen molar-refractivity contribution in [2.75, 3.05) is 0 Å². The molecule has 1 aliphatic rings. The van der Waals surface area contributed by atoms with Crippen LogP contribution in [0.15, 0.2) is 16.9 Å². The van der Waals surface area contributed by atoms with Crippen molar-refractivity contribution in [1.82, 2.24) is 10.5 Å². The summed E-state index contributed by atoms with van der Waals surface area (Å²) in [6.07, 6.45) is 4.22. The molecule has 82 valence electrons. The minimum absolute atomic E-state index is 0.0160. The van der Waals surface area contributed by atoms with Gasteiger partial charge in [0, 0.05) is 18.5 Å². The van der Waals surface area contributed by atoms with Crippen molar-refractivity contribution >= 4 is 5.91 Å². The maximum absolute atomic E-state index is 11.4. The Hall–Kier alpha value is -1.36. The van der Waals surface area contributed by atoms with Crippen LogP contribution in [0, 0.1) is 5.92 Å². The largest absolute Gasteiger partial charge is 0.364 e. The summed E-state index contributed by atoms with van der Waals surface area (Å²) in [5.41, 5.74) is 6.56. The smallest absolute Gasteiger partial charge is 0.221 e. The molecule has 5 nitrogen and oxygen atoms in total. The van der Waals surface area contributed by atoms with Crippen LogP contribution in [0.4, 0.5) is 0 Å². The first-order chi connectivity index (χ1) is 7.25. The van der Waals surface area contributed by atoms with Crippen molar-refractivity contribution in [2.24, 2.45) is 11.7 Å². The number of nitrogens with two attached hydrogens (primary N) is 1. The van der Waals surface area contributed by atoms with E-state index >= 15 is 0 Å². The van der Waals surface area contributed by atoms with Crippen molar-refractivity contribution in [3.05, 3.63) is 18.0 Å². The molecule has 1 fully saturated rings. The number of carbonyl (C=O) groups is 1.